The van der Waals surface area contributed by atoms with E-state index in [4.69, 9.17) is 11.5 Å². The zero-order valence-electron chi connectivity index (χ0n) is 10.3. The Morgan fingerprint density at radius 3 is 2.53 bits per heavy atom. The lowest BCUT2D eigenvalue weighted by Crippen LogP contribution is -2.38. The fraction of sp³-hybridized carbons (Fsp3) is 0.667. The minimum atomic E-state index is -0.879. The first-order valence-electron chi connectivity index (χ1n) is 5.61. The van der Waals surface area contributed by atoms with Gasteiger partial charge in [-0.1, -0.05) is 19.8 Å². The maximum absolute atomic E-state index is 11.3. The van der Waals surface area contributed by atoms with Crippen LogP contribution in [-0.4, -0.2) is 36.6 Å². The molecule has 0 aliphatic carbocycles. The molecule has 1 amide bonds. The molecule has 3 N–H and O–H groups in total. The Morgan fingerprint density at radius 1 is 1.41 bits per heavy atom. The summed E-state index contributed by atoms with van der Waals surface area (Å²) in [5.74, 6) is 0.977. The average Bonchev–Trinajstić information content (AvgIpc) is 2.23. The first kappa shape index (κ1) is 15.5. The third-order valence-corrected chi connectivity index (χ3v) is 2.16. The Bertz CT molecular complexity index is 295. The summed E-state index contributed by atoms with van der Waals surface area (Å²) in [5, 5.41) is 14.3. The van der Waals surface area contributed by atoms with E-state index in [0.29, 0.717) is 13.0 Å². The summed E-state index contributed by atoms with van der Waals surface area (Å²) < 4.78 is 0. The Balaban J connectivity index is 3.92. The van der Waals surface area contributed by atoms with Gasteiger partial charge in [0.15, 0.2) is 0 Å². The molecule has 0 aromatic carbocycles. The van der Waals surface area contributed by atoms with Crippen molar-refractivity contribution in [2.45, 2.75) is 20.3 Å². The van der Waals surface area contributed by atoms with E-state index in [1.165, 1.54) is 0 Å². The highest BCUT2D eigenvalue weighted by atomic mass is 16.4. The molecule has 5 nitrogen and oxygen atoms in total. The molecule has 0 spiro atoms. The van der Waals surface area contributed by atoms with Crippen LogP contribution in [0.5, 0.6) is 0 Å². The molecule has 0 heterocycles. The highest BCUT2D eigenvalue weighted by Crippen LogP contribution is 2.10. The predicted octanol–water partition coefficient (Wildman–Crippen LogP) is 0.0723. The van der Waals surface area contributed by atoms with Crippen LogP contribution in [0.25, 0.3) is 0 Å². The van der Waals surface area contributed by atoms with Gasteiger partial charge in [0.25, 0.3) is 0 Å². The van der Waals surface area contributed by atoms with Crippen molar-refractivity contribution < 1.29 is 14.7 Å². The van der Waals surface area contributed by atoms with Crippen molar-refractivity contribution in [3.05, 3.63) is 0 Å². The van der Waals surface area contributed by atoms with Gasteiger partial charge in [-0.15, -0.1) is 6.42 Å². The van der Waals surface area contributed by atoms with Gasteiger partial charge in [-0.3, -0.25) is 14.9 Å². The van der Waals surface area contributed by atoms with Gasteiger partial charge in [-0.25, -0.2) is 0 Å². The topological polar surface area (TPSA) is 78.4 Å². The zero-order valence-corrected chi connectivity index (χ0v) is 10.3. The zero-order chi connectivity index (χ0) is 13.3. The maximum Gasteiger partial charge on any atom is 0.308 e. The summed E-state index contributed by atoms with van der Waals surface area (Å²) in [5.41, 5.74) is 0. The van der Waals surface area contributed by atoms with Gasteiger partial charge in [0.1, 0.15) is 0 Å². The second kappa shape index (κ2) is 8.59. The summed E-state index contributed by atoms with van der Waals surface area (Å²) in [7, 11) is 0. The molecule has 0 aromatic heterocycles. The van der Waals surface area contributed by atoms with Crippen LogP contribution in [0.2, 0.25) is 0 Å². The molecule has 5 heteroatoms. The molecular weight excluding hydrogens is 220 g/mol. The summed E-state index contributed by atoms with van der Waals surface area (Å²) in [6.45, 7) is 4.49. The first-order chi connectivity index (χ1) is 7.97. The van der Waals surface area contributed by atoms with Crippen molar-refractivity contribution in [2.24, 2.45) is 11.8 Å². The van der Waals surface area contributed by atoms with E-state index in [1.807, 2.05) is 13.8 Å². The fourth-order valence-corrected chi connectivity index (χ4v) is 1.39. The Hall–Kier alpha value is -1.54. The number of hydrogen-bond donors (Lipinski definition) is 3. The molecule has 0 radical (unpaired) electrons. The number of rotatable bonds is 8. The standard InChI is InChI=1S/C12H20N2O3/c1-4-5-13-8-11(15)14-7-10(12(16)17)6-9(2)3/h1,9-10,13H,5-8H2,2-3H3,(H,14,15)(H,16,17). The lowest BCUT2D eigenvalue weighted by atomic mass is 9.97. The predicted molar refractivity (Wildman–Crippen MR) is 65.3 cm³/mol. The number of hydrogen-bond acceptors (Lipinski definition) is 3. The third kappa shape index (κ3) is 8.29. The first-order valence-corrected chi connectivity index (χ1v) is 5.61. The van der Waals surface area contributed by atoms with Gasteiger partial charge in [-0.05, 0) is 12.3 Å². The largest absolute Gasteiger partial charge is 0.481 e. The molecule has 1 atom stereocenters. The normalized spacial score (nSPS) is 11.9. The Labute approximate surface area is 102 Å². The van der Waals surface area contributed by atoms with Gasteiger partial charge in [-0.2, -0.15) is 0 Å². The van der Waals surface area contributed by atoms with E-state index in [9.17, 15) is 9.59 Å². The van der Waals surface area contributed by atoms with Gasteiger partial charge < -0.3 is 10.4 Å². The van der Waals surface area contributed by atoms with E-state index in [2.05, 4.69) is 16.6 Å². The van der Waals surface area contributed by atoms with Crippen LogP contribution in [0.1, 0.15) is 20.3 Å². The molecular formula is C12H20N2O3. The molecule has 0 aliphatic heterocycles. The van der Waals surface area contributed by atoms with E-state index >= 15 is 0 Å². The number of carboxylic acid groups (broad SMARTS) is 1. The third-order valence-electron chi connectivity index (χ3n) is 2.16. The summed E-state index contributed by atoms with van der Waals surface area (Å²) in [4.78, 5) is 22.2. The Morgan fingerprint density at radius 2 is 2.06 bits per heavy atom. The SMILES string of the molecule is C#CCNCC(=O)NCC(CC(C)C)C(=O)O. The molecule has 0 fully saturated rings. The number of nitrogens with one attached hydrogen (secondary N) is 2. The highest BCUT2D eigenvalue weighted by molar-refractivity contribution is 5.79. The lowest BCUT2D eigenvalue weighted by molar-refractivity contribution is -0.142. The molecule has 0 aliphatic rings. The quantitative estimate of drug-likeness (QED) is 0.414. The molecule has 96 valence electrons. The summed E-state index contributed by atoms with van der Waals surface area (Å²) >= 11 is 0. The second-order valence-electron chi connectivity index (χ2n) is 4.28. The van der Waals surface area contributed by atoms with Crippen LogP contribution in [0.4, 0.5) is 0 Å². The van der Waals surface area contributed by atoms with Crippen molar-refractivity contribution in [1.29, 1.82) is 0 Å². The van der Waals surface area contributed by atoms with Crippen molar-refractivity contribution in [2.75, 3.05) is 19.6 Å². The molecule has 0 saturated heterocycles. The molecule has 0 bridgehead atoms. The van der Waals surface area contributed by atoms with Gasteiger partial charge >= 0.3 is 5.97 Å². The number of aliphatic carboxylic acids is 1. The van der Waals surface area contributed by atoms with E-state index in [0.717, 1.165) is 0 Å². The lowest BCUT2D eigenvalue weighted by Gasteiger charge is -2.15. The average molecular weight is 240 g/mol. The number of carboxylic acids is 1. The van der Waals surface area contributed by atoms with Gasteiger partial charge in [0.05, 0.1) is 19.0 Å². The van der Waals surface area contributed by atoms with E-state index in [1.54, 1.807) is 0 Å². The number of carbonyl (C=O) groups excluding carboxylic acids is 1. The minimum absolute atomic E-state index is 0.109. The second-order valence-corrected chi connectivity index (χ2v) is 4.28. The van der Waals surface area contributed by atoms with Gasteiger partial charge in [0, 0.05) is 6.54 Å². The van der Waals surface area contributed by atoms with E-state index in [-0.39, 0.29) is 24.9 Å². The molecule has 0 rings (SSSR count). The summed E-state index contributed by atoms with van der Waals surface area (Å²) in [6.07, 6.45) is 5.56. The van der Waals surface area contributed by atoms with Crippen LogP contribution >= 0.6 is 0 Å². The van der Waals surface area contributed by atoms with Crippen molar-refractivity contribution in [1.82, 2.24) is 10.6 Å². The molecule has 0 aromatic rings. The number of amides is 1. The van der Waals surface area contributed by atoms with E-state index < -0.39 is 11.9 Å². The van der Waals surface area contributed by atoms with Crippen LogP contribution in [0.3, 0.4) is 0 Å². The number of terminal acetylenes is 1. The number of carbonyl (C=O) groups is 2. The molecule has 0 saturated carbocycles. The maximum atomic E-state index is 11.3. The van der Waals surface area contributed by atoms with Crippen LogP contribution in [-0.2, 0) is 9.59 Å². The van der Waals surface area contributed by atoms with Gasteiger partial charge in [0.2, 0.25) is 5.91 Å². The smallest absolute Gasteiger partial charge is 0.308 e. The fourth-order valence-electron chi connectivity index (χ4n) is 1.39. The molecule has 1 unspecified atom stereocenters. The van der Waals surface area contributed by atoms with Crippen molar-refractivity contribution in [3.8, 4) is 12.3 Å². The summed E-state index contributed by atoms with van der Waals surface area (Å²) in [6, 6.07) is 0. The monoisotopic (exact) mass is 240 g/mol. The van der Waals surface area contributed by atoms with Crippen LogP contribution in [0, 0.1) is 24.2 Å². The van der Waals surface area contributed by atoms with Crippen LogP contribution in [0.15, 0.2) is 0 Å². The van der Waals surface area contributed by atoms with Crippen LogP contribution < -0.4 is 10.6 Å². The van der Waals surface area contributed by atoms with Crippen molar-refractivity contribution >= 4 is 11.9 Å². The van der Waals surface area contributed by atoms with Crippen molar-refractivity contribution in [3.63, 3.8) is 0 Å². The molecule has 17 heavy (non-hydrogen) atoms. The Kier molecular flexibility index (Phi) is 7.82. The highest BCUT2D eigenvalue weighted by Gasteiger charge is 2.19. The minimum Gasteiger partial charge on any atom is -0.481 e.